The molecule has 0 spiro atoms. The summed E-state index contributed by atoms with van der Waals surface area (Å²) in [5.41, 5.74) is 8.73. The molecule has 3 aliphatic rings. The Bertz CT molecular complexity index is 1180. The lowest BCUT2D eigenvalue weighted by Gasteiger charge is -2.35. The molecule has 39 heavy (non-hydrogen) atoms. The molecule has 1 aromatic heterocycles. The minimum atomic E-state index is -2.50. The number of nitrogen functional groups attached to an aromatic ring is 1. The number of nitrogens with two attached hydrogens (primary N) is 1. The van der Waals surface area contributed by atoms with Crippen LogP contribution >= 0.6 is 0 Å². The Morgan fingerprint density at radius 3 is 2.33 bits per heavy atom. The van der Waals surface area contributed by atoms with Crippen molar-refractivity contribution in [2.45, 2.75) is 101 Å². The number of hydrogen-bond donors (Lipinski definition) is 3. The molecule has 1 saturated heterocycles. The van der Waals surface area contributed by atoms with Gasteiger partial charge in [-0.25, -0.2) is 13.8 Å². The molecule has 3 fully saturated rings. The average Bonchev–Trinajstić information content (AvgIpc) is 3.20. The molecule has 2 saturated carbocycles. The fourth-order valence-electron chi connectivity index (χ4n) is 6.75. The molecule has 4 N–H and O–H groups in total. The molecule has 8 heteroatoms. The number of carbonyl (C=O) groups is 1. The predicted molar refractivity (Wildman–Crippen MR) is 150 cm³/mol. The molecule has 0 unspecified atom stereocenters. The van der Waals surface area contributed by atoms with Gasteiger partial charge in [0.1, 0.15) is 5.82 Å². The van der Waals surface area contributed by atoms with Crippen molar-refractivity contribution in [3.8, 4) is 11.1 Å². The van der Waals surface area contributed by atoms with Crippen LogP contribution < -0.4 is 11.1 Å². The van der Waals surface area contributed by atoms with Gasteiger partial charge < -0.3 is 16.2 Å². The number of amides is 1. The summed E-state index contributed by atoms with van der Waals surface area (Å²) < 4.78 is 27.4. The fourth-order valence-corrected chi connectivity index (χ4v) is 6.75. The third kappa shape index (κ3) is 5.97. The molecule has 2 heterocycles. The fraction of sp³-hybridized carbons (Fsp3) is 0.613. The maximum atomic E-state index is 13.7. The Hall–Kier alpha value is -2.58. The molecule has 1 amide bonds. The number of rotatable bonds is 5. The molecular weight excluding hydrogens is 498 g/mol. The number of benzene rings is 1. The summed E-state index contributed by atoms with van der Waals surface area (Å²) in [5, 5.41) is 13.3. The highest BCUT2D eigenvalue weighted by Crippen LogP contribution is 2.43. The number of pyridine rings is 1. The Labute approximate surface area is 230 Å². The quantitative estimate of drug-likeness (QED) is 0.463. The summed E-state index contributed by atoms with van der Waals surface area (Å²) in [6, 6.07) is 10.5. The Kier molecular flexibility index (Phi) is 7.48. The molecule has 2 aliphatic carbocycles. The van der Waals surface area contributed by atoms with Crippen LogP contribution in [0.2, 0.25) is 0 Å². The van der Waals surface area contributed by atoms with E-state index in [1.165, 1.54) is 5.56 Å². The SMILES string of the molecule is C[C@@H]1CN(C2CCC(F)(F)CC2)C[C@@]1(C)c1ccc(-c2cnc(N)c(C(=O)NC3CCC(C)(O)CC3)c2)cc1. The van der Waals surface area contributed by atoms with Gasteiger partial charge in [0.15, 0.2) is 0 Å². The minimum Gasteiger partial charge on any atom is -0.390 e. The highest BCUT2D eigenvalue weighted by atomic mass is 19.3. The number of carbonyl (C=O) groups excluding carboxylic acids is 1. The van der Waals surface area contributed by atoms with Crippen LogP contribution in [0.3, 0.4) is 0 Å². The van der Waals surface area contributed by atoms with Crippen LogP contribution in [0.1, 0.15) is 88.1 Å². The highest BCUT2D eigenvalue weighted by molar-refractivity contribution is 5.99. The van der Waals surface area contributed by atoms with Crippen LogP contribution in [0.15, 0.2) is 36.5 Å². The minimum absolute atomic E-state index is 0.00759. The van der Waals surface area contributed by atoms with Gasteiger partial charge in [0.25, 0.3) is 5.91 Å². The Morgan fingerprint density at radius 2 is 1.69 bits per heavy atom. The van der Waals surface area contributed by atoms with E-state index in [0.717, 1.165) is 37.1 Å². The number of aliphatic hydroxyl groups is 1. The van der Waals surface area contributed by atoms with Gasteiger partial charge >= 0.3 is 0 Å². The number of aromatic nitrogens is 1. The van der Waals surface area contributed by atoms with Gasteiger partial charge in [-0.1, -0.05) is 38.1 Å². The molecule has 0 radical (unpaired) electrons. The van der Waals surface area contributed by atoms with Crippen molar-refractivity contribution in [1.29, 1.82) is 0 Å². The van der Waals surface area contributed by atoms with E-state index in [9.17, 15) is 18.7 Å². The number of likely N-dealkylation sites (tertiary alicyclic amines) is 1. The summed E-state index contributed by atoms with van der Waals surface area (Å²) in [6.45, 7) is 8.17. The van der Waals surface area contributed by atoms with Crippen molar-refractivity contribution in [1.82, 2.24) is 15.2 Å². The molecule has 5 rings (SSSR count). The van der Waals surface area contributed by atoms with Gasteiger partial charge in [0.2, 0.25) is 5.92 Å². The van der Waals surface area contributed by atoms with Gasteiger partial charge in [0, 0.05) is 55.2 Å². The summed E-state index contributed by atoms with van der Waals surface area (Å²) >= 11 is 0. The van der Waals surface area contributed by atoms with Gasteiger partial charge in [-0.2, -0.15) is 0 Å². The first-order valence-corrected chi connectivity index (χ1v) is 14.4. The summed E-state index contributed by atoms with van der Waals surface area (Å²) in [7, 11) is 0. The van der Waals surface area contributed by atoms with Crippen molar-refractivity contribution in [3.05, 3.63) is 47.7 Å². The van der Waals surface area contributed by atoms with Crippen LogP contribution in [0.5, 0.6) is 0 Å². The van der Waals surface area contributed by atoms with E-state index < -0.39 is 11.5 Å². The third-order valence-corrected chi connectivity index (χ3v) is 9.77. The van der Waals surface area contributed by atoms with Crippen molar-refractivity contribution < 1.29 is 18.7 Å². The Balaban J connectivity index is 1.27. The zero-order valence-electron chi connectivity index (χ0n) is 23.4. The lowest BCUT2D eigenvalue weighted by Crippen LogP contribution is -2.42. The van der Waals surface area contributed by atoms with Crippen LogP contribution in [0.25, 0.3) is 11.1 Å². The third-order valence-electron chi connectivity index (χ3n) is 9.77. The second-order valence-electron chi connectivity index (χ2n) is 12.8. The van der Waals surface area contributed by atoms with Crippen molar-refractivity contribution in [2.75, 3.05) is 18.8 Å². The standard InChI is InChI=1S/C31H42F2N4O2/c1-20-18-37(25-10-14-31(32,33)15-11-25)19-30(20,3)23-6-4-21(5-7-23)22-16-26(27(34)35-17-22)28(38)36-24-8-12-29(2,39)13-9-24/h4-7,16-17,20,24-25,39H,8-15,18-19H2,1-3H3,(H2,34,35)(H,36,38)/t20-,24?,29?,30-/m1/s1. The first-order valence-electron chi connectivity index (χ1n) is 14.4. The number of anilines is 1. The van der Waals surface area contributed by atoms with Gasteiger partial charge in [-0.15, -0.1) is 0 Å². The first-order chi connectivity index (χ1) is 18.4. The number of nitrogens with one attached hydrogen (secondary N) is 1. The van der Waals surface area contributed by atoms with Gasteiger partial charge in [0.05, 0.1) is 11.2 Å². The second-order valence-corrected chi connectivity index (χ2v) is 12.8. The molecular formula is C31H42F2N4O2. The summed E-state index contributed by atoms with van der Waals surface area (Å²) in [6.07, 6.45) is 5.59. The van der Waals surface area contributed by atoms with Crippen LogP contribution in [0, 0.1) is 5.92 Å². The summed E-state index contributed by atoms with van der Waals surface area (Å²) in [5.74, 6) is -2.14. The maximum Gasteiger partial charge on any atom is 0.255 e. The van der Waals surface area contributed by atoms with Crippen LogP contribution in [-0.2, 0) is 5.41 Å². The number of halogens is 2. The lowest BCUT2D eigenvalue weighted by atomic mass is 9.75. The highest BCUT2D eigenvalue weighted by Gasteiger charge is 2.46. The van der Waals surface area contributed by atoms with E-state index in [2.05, 4.69) is 53.3 Å². The molecule has 0 bridgehead atoms. The second kappa shape index (κ2) is 10.4. The van der Waals surface area contributed by atoms with Crippen molar-refractivity contribution in [2.24, 2.45) is 5.92 Å². The van der Waals surface area contributed by atoms with Crippen LogP contribution in [0.4, 0.5) is 14.6 Å². The monoisotopic (exact) mass is 540 g/mol. The summed E-state index contributed by atoms with van der Waals surface area (Å²) in [4.78, 5) is 19.8. The average molecular weight is 541 g/mol. The zero-order chi connectivity index (χ0) is 28.0. The smallest absolute Gasteiger partial charge is 0.255 e. The normalized spacial score (nSPS) is 31.7. The molecule has 2 aromatic rings. The predicted octanol–water partition coefficient (Wildman–Crippen LogP) is 5.54. The molecule has 1 aliphatic heterocycles. The van der Waals surface area contributed by atoms with Crippen LogP contribution in [-0.4, -0.2) is 57.6 Å². The number of alkyl halides is 2. The van der Waals surface area contributed by atoms with Crippen molar-refractivity contribution >= 4 is 11.7 Å². The van der Waals surface area contributed by atoms with E-state index in [-0.39, 0.29) is 42.1 Å². The molecule has 1 aromatic carbocycles. The van der Waals surface area contributed by atoms with E-state index in [0.29, 0.717) is 37.2 Å². The maximum absolute atomic E-state index is 13.7. The topological polar surface area (TPSA) is 91.5 Å². The van der Waals surface area contributed by atoms with Gasteiger partial charge in [-0.3, -0.25) is 9.69 Å². The first kappa shape index (κ1) is 28.0. The molecule has 6 nitrogen and oxygen atoms in total. The number of nitrogens with zero attached hydrogens (tertiary/aromatic N) is 2. The van der Waals surface area contributed by atoms with Gasteiger partial charge in [-0.05, 0) is 68.6 Å². The number of hydrogen-bond acceptors (Lipinski definition) is 5. The largest absolute Gasteiger partial charge is 0.390 e. The molecule has 2 atom stereocenters. The zero-order valence-corrected chi connectivity index (χ0v) is 23.4. The van der Waals surface area contributed by atoms with Crippen molar-refractivity contribution in [3.63, 3.8) is 0 Å². The lowest BCUT2D eigenvalue weighted by molar-refractivity contribution is -0.0520. The van der Waals surface area contributed by atoms with E-state index in [4.69, 9.17) is 5.73 Å². The van der Waals surface area contributed by atoms with E-state index >= 15 is 0 Å². The van der Waals surface area contributed by atoms with E-state index in [1.54, 1.807) is 12.3 Å². The molecule has 212 valence electrons. The Morgan fingerprint density at radius 1 is 1.05 bits per heavy atom. The van der Waals surface area contributed by atoms with E-state index in [1.807, 2.05) is 6.92 Å².